The molecule has 1 saturated carbocycles. The highest BCUT2D eigenvalue weighted by Crippen LogP contribution is 2.51. The second-order valence-electron chi connectivity index (χ2n) is 18.0. The number of nitrogens with two attached hydrogens (primary N) is 1. The van der Waals surface area contributed by atoms with Crippen LogP contribution in [0.25, 0.3) is 16.8 Å². The molecule has 4 atom stereocenters. The minimum Gasteiger partial charge on any atom is -0.508 e. The third kappa shape index (κ3) is 9.65. The fraction of sp³-hybridized carbons (Fsp3) is 0.407. The quantitative estimate of drug-likeness (QED) is 0.0453. The van der Waals surface area contributed by atoms with Gasteiger partial charge in [0.2, 0.25) is 0 Å². The number of hydrogen-bond donors (Lipinski definition) is 5. The number of hydrogen-bond acceptors (Lipinski definition) is 8. The number of nitrogens with one attached hydrogen (secondary N) is 1. The van der Waals surface area contributed by atoms with Crippen molar-refractivity contribution in [1.29, 1.82) is 0 Å². The van der Waals surface area contributed by atoms with E-state index in [0.717, 1.165) is 101 Å². The van der Waals surface area contributed by atoms with Crippen LogP contribution in [0.1, 0.15) is 116 Å². The van der Waals surface area contributed by atoms with Crippen LogP contribution >= 0.6 is 0 Å². The Morgan fingerprint density at radius 1 is 1.03 bits per heavy atom. The van der Waals surface area contributed by atoms with Crippen molar-refractivity contribution in [2.75, 3.05) is 19.5 Å². The smallest absolute Gasteiger partial charge is 0.192 e. The number of nitrogens with zero attached hydrogens (tertiary/aromatic N) is 1. The second kappa shape index (κ2) is 19.7. The third-order valence-electron chi connectivity index (χ3n) is 13.8. The van der Waals surface area contributed by atoms with Crippen LogP contribution in [0.15, 0.2) is 89.7 Å². The Labute approximate surface area is 376 Å². The Bertz CT molecular complexity index is 2570. The molecule has 3 aliphatic carbocycles. The number of methoxy groups -OCH3 is 1. The van der Waals surface area contributed by atoms with Gasteiger partial charge in [-0.15, -0.1) is 0 Å². The lowest BCUT2D eigenvalue weighted by Gasteiger charge is -2.31. The number of phenolic OH excluding ortho intramolecular Hbond substituents is 1. The van der Waals surface area contributed by atoms with Gasteiger partial charge in [0.25, 0.3) is 0 Å². The Kier molecular flexibility index (Phi) is 13.7. The highest BCUT2D eigenvalue weighted by atomic mass is 16.5. The summed E-state index contributed by atoms with van der Waals surface area (Å²) in [5.41, 5.74) is 12.6. The minimum absolute atomic E-state index is 0.0577. The highest BCUT2D eigenvalue weighted by Gasteiger charge is 2.40. The van der Waals surface area contributed by atoms with E-state index in [1.807, 2.05) is 48.5 Å². The van der Waals surface area contributed by atoms with Crippen molar-refractivity contribution in [2.24, 2.45) is 22.6 Å². The van der Waals surface area contributed by atoms with Gasteiger partial charge in [0.05, 0.1) is 19.1 Å². The molecule has 9 rings (SSSR count). The first-order valence-corrected chi connectivity index (χ1v) is 22.9. The summed E-state index contributed by atoms with van der Waals surface area (Å²) < 4.78 is 18.8. The van der Waals surface area contributed by atoms with Crippen molar-refractivity contribution in [2.45, 2.75) is 115 Å². The molecular weight excluding hydrogens is 803 g/mol. The molecule has 1 fully saturated rings. The topological polar surface area (TPSA) is 156 Å². The summed E-state index contributed by atoms with van der Waals surface area (Å²) in [6.07, 6.45) is 21.2. The number of aryl methyl sites for hydroxylation is 2. The molecule has 4 unspecified atom stereocenters. The molecule has 10 heteroatoms. The molecule has 64 heavy (non-hydrogen) atoms. The predicted molar refractivity (Wildman–Crippen MR) is 254 cm³/mol. The van der Waals surface area contributed by atoms with Gasteiger partial charge in [0.15, 0.2) is 17.5 Å². The van der Waals surface area contributed by atoms with Crippen molar-refractivity contribution < 1.29 is 34.3 Å². The molecule has 0 saturated heterocycles. The number of guanidine groups is 1. The van der Waals surface area contributed by atoms with Crippen molar-refractivity contribution >= 4 is 34.3 Å². The van der Waals surface area contributed by atoms with Crippen LogP contribution in [0.5, 0.6) is 17.2 Å². The van der Waals surface area contributed by atoms with E-state index in [1.165, 1.54) is 5.56 Å². The maximum absolute atomic E-state index is 13.9. The van der Waals surface area contributed by atoms with E-state index in [9.17, 15) is 20.1 Å². The number of unbranched alkanes of at least 4 members (excludes halogenated alkanes) is 1. The summed E-state index contributed by atoms with van der Waals surface area (Å²) in [7, 11) is 3.26. The molecule has 0 aromatic heterocycles. The number of ketones is 1. The van der Waals surface area contributed by atoms with Gasteiger partial charge < -0.3 is 40.6 Å². The lowest BCUT2D eigenvalue weighted by atomic mass is 9.73. The van der Waals surface area contributed by atoms with Crippen molar-refractivity contribution in [3.63, 3.8) is 0 Å². The number of aliphatic imine (C=N–C) groups is 1. The molecule has 6 N–H and O–H groups in total. The summed E-state index contributed by atoms with van der Waals surface area (Å²) in [5.74, 6) is 5.65. The lowest BCUT2D eigenvalue weighted by molar-refractivity contribution is -0.121. The summed E-state index contributed by atoms with van der Waals surface area (Å²) in [5, 5.41) is 38.8. The molecule has 334 valence electrons. The maximum atomic E-state index is 13.9. The Morgan fingerprint density at radius 3 is 2.67 bits per heavy atom. The number of aromatic hydroxyl groups is 1. The van der Waals surface area contributed by atoms with Crippen LogP contribution in [0.4, 0.5) is 5.69 Å². The fourth-order valence-electron chi connectivity index (χ4n) is 10.4. The van der Waals surface area contributed by atoms with Crippen molar-refractivity contribution in [3.8, 4) is 29.3 Å². The molecule has 2 aliphatic heterocycles. The summed E-state index contributed by atoms with van der Waals surface area (Å²) in [6.45, 7) is 2.10. The number of phenols is 1. The van der Waals surface area contributed by atoms with Gasteiger partial charge in [-0.3, -0.25) is 9.79 Å². The molecule has 4 aromatic carbocycles. The summed E-state index contributed by atoms with van der Waals surface area (Å²) in [4.78, 5) is 17.9. The number of anilines is 1. The first-order chi connectivity index (χ1) is 31.1. The number of ether oxygens (including phenoxy) is 3. The van der Waals surface area contributed by atoms with E-state index < -0.39 is 11.5 Å². The van der Waals surface area contributed by atoms with Gasteiger partial charge in [-0.05, 0) is 150 Å². The van der Waals surface area contributed by atoms with E-state index in [0.29, 0.717) is 36.7 Å². The molecular formula is C54H61N3O7. The molecule has 0 amide bonds. The SMILES string of the molecule is CN=C(N)Nc1cccc(CCCCC2C=CC(O)=CC2CC2CC(=O)CCc3ccc(OC)c(c3)OCc3c(CO)cc4c(c(O)cc5c4c3C=CC5C)C3(C#CO2)CCCC3)c1. The maximum Gasteiger partial charge on any atom is 0.192 e. The molecule has 1 spiro atoms. The van der Waals surface area contributed by atoms with Crippen LogP contribution in [0, 0.1) is 23.9 Å². The van der Waals surface area contributed by atoms with Gasteiger partial charge in [-0.1, -0.05) is 62.6 Å². The van der Waals surface area contributed by atoms with Crippen molar-refractivity contribution in [1.82, 2.24) is 0 Å². The highest BCUT2D eigenvalue weighted by molar-refractivity contribution is 6.01. The van der Waals surface area contributed by atoms with Gasteiger partial charge in [0.1, 0.15) is 36.1 Å². The van der Waals surface area contributed by atoms with E-state index in [1.54, 1.807) is 20.2 Å². The van der Waals surface area contributed by atoms with Gasteiger partial charge in [-0.2, -0.15) is 0 Å². The Morgan fingerprint density at radius 2 is 1.88 bits per heavy atom. The number of carbonyl (C=O) groups excluding carboxylic acids is 1. The Hall–Kier alpha value is -6.18. The number of allylic oxidation sites excluding steroid dienone is 4. The number of Topliss-reactive ketones (excluding diaryl/α,β-unsaturated/α-hetero) is 1. The number of fused-ring (bicyclic) bond motifs is 8. The summed E-state index contributed by atoms with van der Waals surface area (Å²) >= 11 is 0. The third-order valence-corrected chi connectivity index (χ3v) is 13.8. The molecule has 5 aliphatic rings. The van der Waals surface area contributed by atoms with Crippen LogP contribution in [0.3, 0.4) is 0 Å². The average Bonchev–Trinajstić information content (AvgIpc) is 3.77. The zero-order valence-corrected chi connectivity index (χ0v) is 37.3. The largest absolute Gasteiger partial charge is 0.508 e. The van der Waals surface area contributed by atoms with Crippen LogP contribution in [-0.2, 0) is 41.0 Å². The number of aliphatic hydroxyl groups is 2. The zero-order valence-electron chi connectivity index (χ0n) is 37.3. The van der Waals surface area contributed by atoms with E-state index in [2.05, 4.69) is 59.6 Å². The second-order valence-corrected chi connectivity index (χ2v) is 18.0. The first-order valence-electron chi connectivity index (χ1n) is 22.9. The fourth-order valence-corrected chi connectivity index (χ4v) is 10.4. The minimum atomic E-state index is -0.709. The first kappa shape index (κ1) is 44.4. The number of rotatable bonds is 10. The Balaban J connectivity index is 1.12. The number of carbonyl (C=O) groups is 1. The standard InChI is InChI=1S/C54H61N3O7/c1-34-13-19-44-47-33-64-50-26-36(15-20-49(50)62-3)14-17-42(60)30-43(63-24-23-54(21-6-7-22-54)52-46(29-39(47)32-58)51(44)45(34)31-48(52)61)28-38-27-41(59)18-16-37(38)11-5-4-9-35-10-8-12-40(25-35)57-53(55)56-2/h8,10,12-13,15-16,18-20,25-27,29,31,34,37-38,43,58-59,61H,4-7,9,11,14,17,21-22,28,30,32-33H2,1-3H3,(H3,55,56,57). The average molecular weight is 864 g/mol. The molecule has 6 bridgehead atoms. The molecule has 2 heterocycles. The summed E-state index contributed by atoms with van der Waals surface area (Å²) in [6, 6.07) is 17.9. The van der Waals surface area contributed by atoms with Crippen molar-refractivity contribution in [3.05, 3.63) is 124 Å². The monoisotopic (exact) mass is 863 g/mol. The zero-order chi connectivity index (χ0) is 44.8. The predicted octanol–water partition coefficient (Wildman–Crippen LogP) is 10.2. The number of aliphatic hydroxyl groups excluding tert-OH is 2. The van der Waals surface area contributed by atoms with Crippen LogP contribution in [-0.4, -0.2) is 47.3 Å². The van der Waals surface area contributed by atoms with E-state index in [-0.39, 0.29) is 54.7 Å². The van der Waals surface area contributed by atoms with Gasteiger partial charge in [-0.25, -0.2) is 0 Å². The molecule has 10 nitrogen and oxygen atoms in total. The van der Waals surface area contributed by atoms with Gasteiger partial charge >= 0.3 is 0 Å². The van der Waals surface area contributed by atoms with Crippen LogP contribution in [0.2, 0.25) is 0 Å². The van der Waals surface area contributed by atoms with Gasteiger partial charge in [0, 0.05) is 42.6 Å². The van der Waals surface area contributed by atoms with Crippen LogP contribution < -0.4 is 20.5 Å². The lowest BCUT2D eigenvalue weighted by Crippen LogP contribution is -2.25. The normalized spacial score (nSPS) is 21.7. The van der Waals surface area contributed by atoms with E-state index in [4.69, 9.17) is 19.9 Å². The molecule has 4 aromatic rings. The number of benzene rings is 4. The molecule has 0 radical (unpaired) electrons. The van der Waals surface area contributed by atoms with E-state index >= 15 is 0 Å².